The largest absolute Gasteiger partial charge is 0.358 e. The molecule has 1 N–H and O–H groups in total. The van der Waals surface area contributed by atoms with E-state index in [0.717, 1.165) is 42.5 Å². The Labute approximate surface area is 170 Å². The number of nitrogens with one attached hydrogen (secondary N) is 1. The van der Waals surface area contributed by atoms with Gasteiger partial charge >= 0.3 is 0 Å². The van der Waals surface area contributed by atoms with Gasteiger partial charge in [0.25, 0.3) is 5.92 Å². The molecule has 29 heavy (non-hydrogen) atoms. The summed E-state index contributed by atoms with van der Waals surface area (Å²) in [4.78, 5) is 5.32. The lowest BCUT2D eigenvalue weighted by Gasteiger charge is -2.55. The van der Waals surface area contributed by atoms with E-state index in [1.807, 2.05) is 42.5 Å². The van der Waals surface area contributed by atoms with Gasteiger partial charge in [-0.25, -0.2) is 8.78 Å². The molecule has 2 aliphatic rings. The molecule has 1 aromatic heterocycles. The molecule has 1 saturated carbocycles. The van der Waals surface area contributed by atoms with Gasteiger partial charge in [0.05, 0.1) is 0 Å². The Bertz CT molecular complexity index is 1040. The number of aromatic nitrogens is 1. The van der Waals surface area contributed by atoms with Crippen LogP contribution in [0.2, 0.25) is 0 Å². The Morgan fingerprint density at radius 1 is 0.897 bits per heavy atom. The number of alkyl halides is 2. The number of halogens is 2. The summed E-state index contributed by atoms with van der Waals surface area (Å²) in [6.07, 6.45) is 3.91. The first kappa shape index (κ1) is 18.8. The summed E-state index contributed by atoms with van der Waals surface area (Å²) < 4.78 is 32.4. The molecule has 2 aromatic carbocycles. The maximum atomic E-state index is 16.2. The molecular weight excluding hydrogens is 366 g/mol. The van der Waals surface area contributed by atoms with Crippen molar-refractivity contribution in [1.82, 2.24) is 9.88 Å². The van der Waals surface area contributed by atoms with Crippen molar-refractivity contribution in [3.05, 3.63) is 71.4 Å². The van der Waals surface area contributed by atoms with E-state index in [-0.39, 0.29) is 6.42 Å². The number of aryl methyl sites for hydroxylation is 1. The monoisotopic (exact) mass is 394 g/mol. The SMILES string of the molecule is CN(C)C1(c2ccccc2)CCC2(CCCc3c2[nH]c2ccccc32)CC1(F)F. The van der Waals surface area contributed by atoms with Crippen LogP contribution in [0.1, 0.15) is 48.9 Å². The van der Waals surface area contributed by atoms with Crippen LogP contribution < -0.4 is 0 Å². The van der Waals surface area contributed by atoms with Crippen LogP contribution >= 0.6 is 0 Å². The summed E-state index contributed by atoms with van der Waals surface area (Å²) >= 11 is 0. The number of nitrogens with zero attached hydrogens (tertiary/aromatic N) is 1. The minimum absolute atomic E-state index is 0.104. The summed E-state index contributed by atoms with van der Waals surface area (Å²) in [6, 6.07) is 17.6. The first-order valence-corrected chi connectivity index (χ1v) is 10.6. The molecular formula is C25H28F2N2. The van der Waals surface area contributed by atoms with Gasteiger partial charge < -0.3 is 4.98 Å². The average molecular weight is 395 g/mol. The number of benzene rings is 2. The van der Waals surface area contributed by atoms with Crippen molar-refractivity contribution in [2.24, 2.45) is 0 Å². The quantitative estimate of drug-likeness (QED) is 0.563. The fourth-order valence-corrected chi connectivity index (χ4v) is 6.21. The standard InChI is InChI=1S/C25H28F2N2/c1-29(2)24(18-9-4-3-5-10-18)16-15-23(17-25(24,26)27)14-8-12-20-19-11-6-7-13-21(19)28-22(20)23/h3-7,9-11,13,28H,8,12,14-17H2,1-2H3. The first-order valence-electron chi connectivity index (χ1n) is 10.6. The summed E-state index contributed by atoms with van der Waals surface area (Å²) in [7, 11) is 3.60. The average Bonchev–Trinajstić information content (AvgIpc) is 3.09. The summed E-state index contributed by atoms with van der Waals surface area (Å²) in [5.41, 5.74) is 2.41. The summed E-state index contributed by atoms with van der Waals surface area (Å²) in [5, 5.41) is 1.21. The molecule has 0 radical (unpaired) electrons. The van der Waals surface area contributed by atoms with Crippen molar-refractivity contribution in [1.29, 1.82) is 0 Å². The van der Waals surface area contributed by atoms with E-state index in [1.54, 1.807) is 19.0 Å². The number of H-pyrrole nitrogens is 1. The molecule has 3 aromatic rings. The summed E-state index contributed by atoms with van der Waals surface area (Å²) in [5.74, 6) is -2.83. The Morgan fingerprint density at radius 3 is 2.34 bits per heavy atom. The van der Waals surface area contributed by atoms with Gasteiger partial charge in [-0.3, -0.25) is 4.90 Å². The lowest BCUT2D eigenvalue weighted by atomic mass is 9.58. The predicted molar refractivity (Wildman–Crippen MR) is 114 cm³/mol. The highest BCUT2D eigenvalue weighted by atomic mass is 19.3. The van der Waals surface area contributed by atoms with Gasteiger partial charge in [0.15, 0.2) is 0 Å². The molecule has 1 heterocycles. The van der Waals surface area contributed by atoms with E-state index in [1.165, 1.54) is 10.9 Å². The Morgan fingerprint density at radius 2 is 1.62 bits per heavy atom. The molecule has 2 atom stereocenters. The van der Waals surface area contributed by atoms with Crippen molar-refractivity contribution >= 4 is 10.9 Å². The number of rotatable bonds is 2. The third-order valence-corrected chi connectivity index (χ3v) is 7.57. The lowest BCUT2D eigenvalue weighted by Crippen LogP contribution is -2.61. The topological polar surface area (TPSA) is 19.0 Å². The van der Waals surface area contributed by atoms with Gasteiger partial charge in [-0.1, -0.05) is 48.5 Å². The van der Waals surface area contributed by atoms with Crippen LogP contribution in [0.4, 0.5) is 8.78 Å². The van der Waals surface area contributed by atoms with Crippen molar-refractivity contribution in [3.8, 4) is 0 Å². The molecule has 0 saturated heterocycles. The number of aromatic amines is 1. The second-order valence-corrected chi connectivity index (χ2v) is 9.16. The van der Waals surface area contributed by atoms with Crippen molar-refractivity contribution < 1.29 is 8.78 Å². The molecule has 5 rings (SSSR count). The molecule has 1 spiro atoms. The molecule has 0 aliphatic heterocycles. The van der Waals surface area contributed by atoms with E-state index < -0.39 is 16.9 Å². The van der Waals surface area contributed by atoms with Crippen LogP contribution in [-0.2, 0) is 17.4 Å². The zero-order valence-electron chi connectivity index (χ0n) is 17.1. The van der Waals surface area contributed by atoms with Crippen LogP contribution in [0.15, 0.2) is 54.6 Å². The zero-order valence-corrected chi connectivity index (χ0v) is 17.1. The van der Waals surface area contributed by atoms with E-state index in [9.17, 15) is 0 Å². The highest BCUT2D eigenvalue weighted by molar-refractivity contribution is 5.85. The summed E-state index contributed by atoms with van der Waals surface area (Å²) in [6.45, 7) is 0. The van der Waals surface area contributed by atoms with Gasteiger partial charge in [-0.15, -0.1) is 0 Å². The number of para-hydroxylation sites is 1. The molecule has 0 amide bonds. The molecule has 152 valence electrons. The number of hydrogen-bond donors (Lipinski definition) is 1. The minimum Gasteiger partial charge on any atom is -0.358 e. The van der Waals surface area contributed by atoms with Crippen LogP contribution in [-0.4, -0.2) is 29.9 Å². The maximum Gasteiger partial charge on any atom is 0.271 e. The van der Waals surface area contributed by atoms with Crippen LogP contribution in [0.3, 0.4) is 0 Å². The third-order valence-electron chi connectivity index (χ3n) is 7.57. The van der Waals surface area contributed by atoms with Crippen LogP contribution in [0.5, 0.6) is 0 Å². The highest BCUT2D eigenvalue weighted by Crippen LogP contribution is 2.60. The molecule has 4 heteroatoms. The van der Waals surface area contributed by atoms with Gasteiger partial charge in [0.1, 0.15) is 5.54 Å². The van der Waals surface area contributed by atoms with Crippen LogP contribution in [0, 0.1) is 0 Å². The fraction of sp³-hybridized carbons (Fsp3) is 0.440. The smallest absolute Gasteiger partial charge is 0.271 e. The lowest BCUT2D eigenvalue weighted by molar-refractivity contribution is -0.182. The van der Waals surface area contributed by atoms with Gasteiger partial charge in [0.2, 0.25) is 0 Å². The second-order valence-electron chi connectivity index (χ2n) is 9.16. The molecule has 2 nitrogen and oxygen atoms in total. The number of fused-ring (bicyclic) bond motifs is 4. The zero-order chi connectivity index (χ0) is 20.3. The van der Waals surface area contributed by atoms with Crippen LogP contribution in [0.25, 0.3) is 10.9 Å². The minimum atomic E-state index is -2.83. The first-order chi connectivity index (χ1) is 13.9. The molecule has 0 bridgehead atoms. The second kappa shape index (κ2) is 6.40. The Kier molecular flexibility index (Phi) is 4.15. The predicted octanol–water partition coefficient (Wildman–Crippen LogP) is 6.02. The Balaban J connectivity index is 1.63. The molecule has 2 unspecified atom stereocenters. The van der Waals surface area contributed by atoms with Gasteiger partial charge in [-0.05, 0) is 63.4 Å². The van der Waals surface area contributed by atoms with Crippen molar-refractivity contribution in [2.75, 3.05) is 14.1 Å². The maximum absolute atomic E-state index is 16.2. The van der Waals surface area contributed by atoms with E-state index in [0.29, 0.717) is 6.42 Å². The van der Waals surface area contributed by atoms with E-state index in [4.69, 9.17) is 0 Å². The number of hydrogen-bond acceptors (Lipinski definition) is 1. The Hall–Kier alpha value is -2.20. The van der Waals surface area contributed by atoms with Gasteiger partial charge in [0, 0.05) is 28.4 Å². The normalized spacial score (nSPS) is 28.7. The molecule has 1 fully saturated rings. The van der Waals surface area contributed by atoms with E-state index >= 15 is 8.78 Å². The highest BCUT2D eigenvalue weighted by Gasteiger charge is 2.63. The van der Waals surface area contributed by atoms with Crippen molar-refractivity contribution in [3.63, 3.8) is 0 Å². The fourth-order valence-electron chi connectivity index (χ4n) is 6.21. The third kappa shape index (κ3) is 2.54. The molecule has 2 aliphatic carbocycles. The van der Waals surface area contributed by atoms with Gasteiger partial charge in [-0.2, -0.15) is 0 Å². The van der Waals surface area contributed by atoms with E-state index in [2.05, 4.69) is 17.1 Å². The van der Waals surface area contributed by atoms with Crippen molar-refractivity contribution in [2.45, 2.75) is 55.4 Å².